The largest absolute Gasteiger partial charge is 0.465 e. The normalized spacial score (nSPS) is 10.1. The molecule has 25 heavy (non-hydrogen) atoms. The number of unbranched alkanes of at least 4 members (excludes halogenated alkanes) is 2. The minimum Gasteiger partial charge on any atom is -0.465 e. The van der Waals surface area contributed by atoms with Crippen LogP contribution in [0.2, 0.25) is 0 Å². The molecule has 0 aliphatic heterocycles. The number of esters is 1. The number of para-hydroxylation sites is 1. The van der Waals surface area contributed by atoms with Crippen molar-refractivity contribution in [3.8, 4) is 0 Å². The zero-order chi connectivity index (χ0) is 17.9. The molecule has 0 atom stereocenters. The summed E-state index contributed by atoms with van der Waals surface area (Å²) < 4.78 is 4.71. The molecule has 0 aromatic heterocycles. The van der Waals surface area contributed by atoms with Gasteiger partial charge in [-0.25, -0.2) is 9.59 Å². The van der Waals surface area contributed by atoms with Gasteiger partial charge in [-0.3, -0.25) is 0 Å². The minimum atomic E-state index is -0.475. The number of ether oxygens (including phenoxy) is 1. The number of urea groups is 1. The number of carbonyl (C=O) groups excluding carboxylic acids is 2. The molecule has 0 bridgehead atoms. The van der Waals surface area contributed by atoms with E-state index in [-0.39, 0.29) is 6.03 Å². The molecule has 2 aromatic carbocycles. The first-order valence-corrected chi connectivity index (χ1v) is 8.47. The summed E-state index contributed by atoms with van der Waals surface area (Å²) in [5, 5.41) is 5.50. The highest BCUT2D eigenvalue weighted by atomic mass is 16.5. The van der Waals surface area contributed by atoms with Crippen LogP contribution in [0.1, 0.15) is 35.2 Å². The number of rotatable bonds is 8. The molecule has 5 nitrogen and oxygen atoms in total. The smallest absolute Gasteiger partial charge is 0.339 e. The highest BCUT2D eigenvalue weighted by molar-refractivity contribution is 6.00. The fourth-order valence-corrected chi connectivity index (χ4v) is 2.52. The zero-order valence-electron chi connectivity index (χ0n) is 14.5. The lowest BCUT2D eigenvalue weighted by atomic mass is 10.1. The molecule has 0 unspecified atom stereocenters. The summed E-state index contributed by atoms with van der Waals surface area (Å²) in [6.07, 6.45) is 4.12. The van der Waals surface area contributed by atoms with E-state index in [9.17, 15) is 9.59 Å². The molecular weight excluding hydrogens is 316 g/mol. The number of aryl methyl sites for hydroxylation is 1. The second kappa shape index (κ2) is 10.1. The number of methoxy groups -OCH3 is 1. The van der Waals surface area contributed by atoms with E-state index in [2.05, 4.69) is 22.8 Å². The number of carbonyl (C=O) groups is 2. The van der Waals surface area contributed by atoms with Crippen molar-refractivity contribution in [3.05, 3.63) is 65.7 Å². The molecule has 2 amide bonds. The second-order valence-electron chi connectivity index (χ2n) is 5.71. The Bertz CT molecular complexity index is 686. The average molecular weight is 340 g/mol. The van der Waals surface area contributed by atoms with E-state index in [1.165, 1.54) is 12.7 Å². The number of nitrogens with one attached hydrogen (secondary N) is 2. The van der Waals surface area contributed by atoms with Crippen molar-refractivity contribution in [2.24, 2.45) is 0 Å². The van der Waals surface area contributed by atoms with Gasteiger partial charge in [0.25, 0.3) is 0 Å². The summed E-state index contributed by atoms with van der Waals surface area (Å²) >= 11 is 0. The number of hydrogen-bond acceptors (Lipinski definition) is 3. The molecule has 0 spiro atoms. The summed E-state index contributed by atoms with van der Waals surface area (Å²) in [5.74, 6) is -0.475. The van der Waals surface area contributed by atoms with Crippen LogP contribution in [0.25, 0.3) is 0 Å². The van der Waals surface area contributed by atoms with E-state index >= 15 is 0 Å². The van der Waals surface area contributed by atoms with Gasteiger partial charge in [0.15, 0.2) is 0 Å². The first-order chi connectivity index (χ1) is 12.2. The highest BCUT2D eigenvalue weighted by Gasteiger charge is 2.12. The van der Waals surface area contributed by atoms with Gasteiger partial charge in [0, 0.05) is 6.54 Å². The number of benzene rings is 2. The van der Waals surface area contributed by atoms with E-state index < -0.39 is 5.97 Å². The average Bonchev–Trinajstić information content (AvgIpc) is 2.65. The van der Waals surface area contributed by atoms with Crippen molar-refractivity contribution in [2.75, 3.05) is 19.0 Å². The van der Waals surface area contributed by atoms with Crippen molar-refractivity contribution < 1.29 is 14.3 Å². The van der Waals surface area contributed by atoms with Gasteiger partial charge in [0.1, 0.15) is 0 Å². The van der Waals surface area contributed by atoms with Crippen molar-refractivity contribution >= 4 is 17.7 Å². The topological polar surface area (TPSA) is 67.4 Å². The van der Waals surface area contributed by atoms with Gasteiger partial charge in [0.2, 0.25) is 0 Å². The van der Waals surface area contributed by atoms with Gasteiger partial charge >= 0.3 is 12.0 Å². The Morgan fingerprint density at radius 1 is 0.920 bits per heavy atom. The van der Waals surface area contributed by atoms with Gasteiger partial charge < -0.3 is 15.4 Å². The molecule has 132 valence electrons. The Morgan fingerprint density at radius 2 is 1.64 bits per heavy atom. The van der Waals surface area contributed by atoms with Crippen LogP contribution in [0, 0.1) is 0 Å². The summed E-state index contributed by atoms with van der Waals surface area (Å²) in [6.45, 7) is 0.598. The van der Waals surface area contributed by atoms with Crippen LogP contribution >= 0.6 is 0 Å². The molecular formula is C20H24N2O3. The predicted molar refractivity (Wildman–Crippen MR) is 98.8 cm³/mol. The summed E-state index contributed by atoms with van der Waals surface area (Å²) in [5.41, 5.74) is 2.12. The third-order valence-electron chi connectivity index (χ3n) is 3.85. The van der Waals surface area contributed by atoms with Gasteiger partial charge in [-0.15, -0.1) is 0 Å². The maximum absolute atomic E-state index is 12.0. The summed E-state index contributed by atoms with van der Waals surface area (Å²) in [7, 11) is 1.31. The molecule has 0 aliphatic carbocycles. The number of anilines is 1. The Kier molecular flexibility index (Phi) is 7.50. The lowest BCUT2D eigenvalue weighted by molar-refractivity contribution is 0.0602. The Balaban J connectivity index is 1.67. The molecule has 0 fully saturated rings. The van der Waals surface area contributed by atoms with E-state index in [0.29, 0.717) is 17.8 Å². The molecule has 0 heterocycles. The Morgan fingerprint density at radius 3 is 2.40 bits per heavy atom. The first kappa shape index (κ1) is 18.5. The van der Waals surface area contributed by atoms with Gasteiger partial charge in [-0.2, -0.15) is 0 Å². The first-order valence-electron chi connectivity index (χ1n) is 8.47. The van der Waals surface area contributed by atoms with Crippen molar-refractivity contribution in [1.82, 2.24) is 5.32 Å². The van der Waals surface area contributed by atoms with Crippen molar-refractivity contribution in [3.63, 3.8) is 0 Å². The standard InChI is InChI=1S/C20H24N2O3/c1-25-19(23)17-13-7-8-14-18(17)22-20(24)21-15-9-3-6-12-16-10-4-2-5-11-16/h2,4-5,7-8,10-11,13-14H,3,6,9,12,15H2,1H3,(H2,21,22,24). The van der Waals surface area contributed by atoms with Crippen LogP contribution in [0.4, 0.5) is 10.5 Å². The second-order valence-corrected chi connectivity index (χ2v) is 5.71. The quantitative estimate of drug-likeness (QED) is 0.563. The van der Waals surface area contributed by atoms with Crippen LogP contribution < -0.4 is 10.6 Å². The SMILES string of the molecule is COC(=O)c1ccccc1NC(=O)NCCCCCc1ccccc1. The van der Waals surface area contributed by atoms with Gasteiger partial charge in [0.05, 0.1) is 18.4 Å². The summed E-state index contributed by atoms with van der Waals surface area (Å²) in [4.78, 5) is 23.6. The van der Waals surface area contributed by atoms with Crippen LogP contribution in [-0.4, -0.2) is 25.7 Å². The third-order valence-corrected chi connectivity index (χ3v) is 3.85. The van der Waals surface area contributed by atoms with E-state index in [4.69, 9.17) is 4.74 Å². The minimum absolute atomic E-state index is 0.320. The molecule has 2 aromatic rings. The fraction of sp³-hybridized carbons (Fsp3) is 0.300. The molecule has 5 heteroatoms. The Labute approximate surface area is 148 Å². The maximum Gasteiger partial charge on any atom is 0.339 e. The number of hydrogen-bond donors (Lipinski definition) is 2. The van der Waals surface area contributed by atoms with Crippen molar-refractivity contribution in [2.45, 2.75) is 25.7 Å². The Hall–Kier alpha value is -2.82. The van der Waals surface area contributed by atoms with Crippen LogP contribution in [-0.2, 0) is 11.2 Å². The predicted octanol–water partition coefficient (Wildman–Crippen LogP) is 4.01. The van der Waals surface area contributed by atoms with Crippen LogP contribution in [0.5, 0.6) is 0 Å². The molecule has 2 N–H and O–H groups in total. The monoisotopic (exact) mass is 340 g/mol. The van der Waals surface area contributed by atoms with E-state index in [1.54, 1.807) is 24.3 Å². The lowest BCUT2D eigenvalue weighted by Gasteiger charge is -2.10. The fourth-order valence-electron chi connectivity index (χ4n) is 2.52. The summed E-state index contributed by atoms with van der Waals surface area (Å²) in [6, 6.07) is 16.8. The van der Waals surface area contributed by atoms with Crippen LogP contribution in [0.15, 0.2) is 54.6 Å². The van der Waals surface area contributed by atoms with E-state index in [1.807, 2.05) is 18.2 Å². The van der Waals surface area contributed by atoms with Crippen molar-refractivity contribution in [1.29, 1.82) is 0 Å². The molecule has 0 radical (unpaired) electrons. The molecule has 0 saturated carbocycles. The third kappa shape index (κ3) is 6.30. The molecule has 2 rings (SSSR count). The lowest BCUT2D eigenvalue weighted by Crippen LogP contribution is -2.30. The van der Waals surface area contributed by atoms with Crippen LogP contribution in [0.3, 0.4) is 0 Å². The van der Waals surface area contributed by atoms with Gasteiger partial charge in [-0.1, -0.05) is 48.9 Å². The molecule has 0 saturated heterocycles. The number of amides is 2. The highest BCUT2D eigenvalue weighted by Crippen LogP contribution is 2.15. The maximum atomic E-state index is 12.0. The zero-order valence-corrected chi connectivity index (χ0v) is 14.5. The van der Waals surface area contributed by atoms with E-state index in [0.717, 1.165) is 25.7 Å². The molecule has 0 aliphatic rings. The van der Waals surface area contributed by atoms with Gasteiger partial charge in [-0.05, 0) is 37.0 Å².